The average molecular weight is 706 g/mol. The fourth-order valence-corrected chi connectivity index (χ4v) is 6.67. The van der Waals surface area contributed by atoms with E-state index in [4.69, 9.17) is 32.7 Å². The Kier molecular flexibility index (Phi) is 13.0. The van der Waals surface area contributed by atoms with Gasteiger partial charge in [-0.2, -0.15) is 0 Å². The molecule has 0 fully saturated rings. The van der Waals surface area contributed by atoms with Crippen LogP contribution in [0.3, 0.4) is 0 Å². The van der Waals surface area contributed by atoms with E-state index in [1.807, 2.05) is 64.1 Å². The third-order valence-electron chi connectivity index (χ3n) is 8.40. The van der Waals surface area contributed by atoms with Crippen molar-refractivity contribution >= 4 is 35.2 Å². The Morgan fingerprint density at radius 3 is 2.16 bits per heavy atom. The minimum Gasteiger partial charge on any atom is -0.490 e. The number of amides is 2. The molecule has 0 bridgehead atoms. The molecule has 0 radical (unpaired) electrons. The van der Waals surface area contributed by atoms with E-state index in [0.717, 1.165) is 45.4 Å². The molecule has 0 aliphatic rings. The van der Waals surface area contributed by atoms with E-state index in [2.05, 4.69) is 42.6 Å². The number of carboxylic acid groups (broad SMARTS) is 1. The molecular weight excluding hydrogens is 659 g/mol. The molecule has 49 heavy (non-hydrogen) atoms. The van der Waals surface area contributed by atoms with Crippen LogP contribution in [0.1, 0.15) is 61.4 Å². The van der Waals surface area contributed by atoms with Crippen LogP contribution >= 0.6 is 23.2 Å². The predicted octanol–water partition coefficient (Wildman–Crippen LogP) is 9.52. The molecule has 4 rings (SSSR count). The number of benzene rings is 4. The summed E-state index contributed by atoms with van der Waals surface area (Å²) < 4.78 is 11.7. The molecule has 9 heteroatoms. The lowest BCUT2D eigenvalue weighted by Gasteiger charge is -2.36. The minimum absolute atomic E-state index is 0.0449. The third kappa shape index (κ3) is 10.6. The van der Waals surface area contributed by atoms with Crippen molar-refractivity contribution in [3.05, 3.63) is 117 Å². The van der Waals surface area contributed by atoms with Crippen molar-refractivity contribution in [3.63, 3.8) is 0 Å². The number of nitrogens with zero attached hydrogens (tertiary/aromatic N) is 1. The highest BCUT2D eigenvalue weighted by Gasteiger charge is 2.30. The largest absolute Gasteiger partial charge is 0.490 e. The maximum atomic E-state index is 12.4. The zero-order valence-corrected chi connectivity index (χ0v) is 30.6. The monoisotopic (exact) mass is 704 g/mol. The molecular formula is C40H46Cl2N2O5. The molecule has 0 spiro atoms. The summed E-state index contributed by atoms with van der Waals surface area (Å²) in [6.07, 6.45) is 0.417. The highest BCUT2D eigenvalue weighted by atomic mass is 35.5. The first-order valence-corrected chi connectivity index (χ1v) is 17.2. The van der Waals surface area contributed by atoms with Crippen LogP contribution in [0, 0.1) is 13.8 Å². The number of rotatable bonds is 14. The fraction of sp³-hybridized carbons (Fsp3) is 0.350. The summed E-state index contributed by atoms with van der Waals surface area (Å²) >= 11 is 12.6. The van der Waals surface area contributed by atoms with Gasteiger partial charge in [0, 0.05) is 31.5 Å². The molecule has 2 amide bonds. The van der Waals surface area contributed by atoms with Crippen LogP contribution in [0.2, 0.25) is 10.0 Å². The van der Waals surface area contributed by atoms with Gasteiger partial charge in [0.25, 0.3) is 0 Å². The number of carbonyl (C=O) groups excluding carboxylic acids is 1. The summed E-state index contributed by atoms with van der Waals surface area (Å²) in [5.41, 5.74) is 7.00. The summed E-state index contributed by atoms with van der Waals surface area (Å²) in [4.78, 5) is 25.4. The first kappa shape index (κ1) is 37.6. The minimum atomic E-state index is -0.945. The molecule has 1 atom stereocenters. The van der Waals surface area contributed by atoms with Gasteiger partial charge in [-0.15, -0.1) is 0 Å². The van der Waals surface area contributed by atoms with Crippen LogP contribution < -0.4 is 14.8 Å². The number of carbonyl (C=O) groups is 2. The van der Waals surface area contributed by atoms with Crippen molar-refractivity contribution in [2.75, 3.05) is 26.3 Å². The van der Waals surface area contributed by atoms with E-state index in [1.54, 1.807) is 12.1 Å². The Bertz CT molecular complexity index is 1730. The van der Waals surface area contributed by atoms with Crippen molar-refractivity contribution in [2.45, 2.75) is 65.8 Å². The van der Waals surface area contributed by atoms with Gasteiger partial charge in [0.15, 0.2) is 5.75 Å². The number of hydrogen-bond donors (Lipinski definition) is 2. The zero-order chi connectivity index (χ0) is 35.7. The molecule has 0 saturated carbocycles. The van der Waals surface area contributed by atoms with Crippen LogP contribution in [0.25, 0.3) is 11.1 Å². The lowest BCUT2D eigenvalue weighted by molar-refractivity contribution is -0.118. The standard InChI is InChI=1S/C40H46Cl2N2O5/c1-26-21-36(41)38(37(42)22-26)49-20-19-48-33-14-11-29(12-15-33)24-32(25-44(39(46)47)40(4,5)6)34-16-13-31(23-27(34)2)35-10-8-7-9-30(35)17-18-43-28(3)45/h7-16,21-23,32H,17-20,24-25H2,1-6H3,(H,43,45)(H,46,47). The highest BCUT2D eigenvalue weighted by molar-refractivity contribution is 6.37. The summed E-state index contributed by atoms with van der Waals surface area (Å²) in [7, 11) is 0. The van der Waals surface area contributed by atoms with E-state index < -0.39 is 11.6 Å². The van der Waals surface area contributed by atoms with E-state index >= 15 is 0 Å². The Morgan fingerprint density at radius 1 is 0.898 bits per heavy atom. The van der Waals surface area contributed by atoms with Gasteiger partial charge in [-0.05, 0) is 111 Å². The summed E-state index contributed by atoms with van der Waals surface area (Å²) in [5.74, 6) is 1.00. The molecule has 1 unspecified atom stereocenters. The zero-order valence-electron chi connectivity index (χ0n) is 29.1. The van der Waals surface area contributed by atoms with Crippen LogP contribution in [0.15, 0.2) is 78.9 Å². The number of halogens is 2. The van der Waals surface area contributed by atoms with Gasteiger partial charge < -0.3 is 24.8 Å². The van der Waals surface area contributed by atoms with Crippen molar-refractivity contribution in [1.82, 2.24) is 10.2 Å². The second-order valence-corrected chi connectivity index (χ2v) is 14.1. The second kappa shape index (κ2) is 17.0. The van der Waals surface area contributed by atoms with E-state index in [1.165, 1.54) is 11.8 Å². The predicted molar refractivity (Wildman–Crippen MR) is 199 cm³/mol. The van der Waals surface area contributed by atoms with E-state index in [-0.39, 0.29) is 18.4 Å². The molecule has 0 aliphatic heterocycles. The van der Waals surface area contributed by atoms with Gasteiger partial charge in [-0.3, -0.25) is 4.79 Å². The van der Waals surface area contributed by atoms with Crippen LogP contribution in [-0.2, 0) is 17.6 Å². The lowest BCUT2D eigenvalue weighted by Crippen LogP contribution is -2.47. The van der Waals surface area contributed by atoms with Gasteiger partial charge in [-0.1, -0.05) is 77.8 Å². The Balaban J connectivity index is 1.51. The fourth-order valence-electron chi connectivity index (χ4n) is 5.96. The topological polar surface area (TPSA) is 88.1 Å². The quantitative estimate of drug-likeness (QED) is 0.128. The average Bonchev–Trinajstić information content (AvgIpc) is 3.02. The van der Waals surface area contributed by atoms with Gasteiger partial charge in [0.2, 0.25) is 5.91 Å². The highest BCUT2D eigenvalue weighted by Crippen LogP contribution is 2.35. The van der Waals surface area contributed by atoms with Crippen LogP contribution in [-0.4, -0.2) is 53.8 Å². The van der Waals surface area contributed by atoms with Crippen molar-refractivity contribution in [1.29, 1.82) is 0 Å². The van der Waals surface area contributed by atoms with Gasteiger partial charge in [-0.25, -0.2) is 4.79 Å². The Hall–Kier alpha value is -4.20. The van der Waals surface area contributed by atoms with Crippen LogP contribution in [0.5, 0.6) is 11.5 Å². The molecule has 7 nitrogen and oxygen atoms in total. The first-order chi connectivity index (χ1) is 23.2. The Morgan fingerprint density at radius 2 is 1.55 bits per heavy atom. The second-order valence-electron chi connectivity index (χ2n) is 13.3. The molecule has 4 aromatic carbocycles. The molecule has 0 aliphatic carbocycles. The molecule has 0 heterocycles. The SMILES string of the molecule is CC(=O)NCCc1ccccc1-c1ccc(C(Cc2ccc(OCCOc3c(Cl)cc(C)cc3Cl)cc2)CN(C(=O)O)C(C)(C)C)c(C)c1. The summed E-state index contributed by atoms with van der Waals surface area (Å²) in [5, 5.41) is 14.0. The maximum absolute atomic E-state index is 12.4. The smallest absolute Gasteiger partial charge is 0.407 e. The van der Waals surface area contributed by atoms with Gasteiger partial charge in [0.1, 0.15) is 19.0 Å². The molecule has 0 aromatic heterocycles. The number of nitrogens with one attached hydrogen (secondary N) is 1. The lowest BCUT2D eigenvalue weighted by atomic mass is 9.85. The molecule has 260 valence electrons. The van der Waals surface area contributed by atoms with Gasteiger partial charge in [0.05, 0.1) is 10.0 Å². The molecule has 4 aromatic rings. The first-order valence-electron chi connectivity index (χ1n) is 16.5. The van der Waals surface area contributed by atoms with Crippen LogP contribution in [0.4, 0.5) is 4.79 Å². The van der Waals surface area contributed by atoms with Crippen molar-refractivity contribution in [3.8, 4) is 22.6 Å². The third-order valence-corrected chi connectivity index (χ3v) is 8.96. The van der Waals surface area contributed by atoms with E-state index in [9.17, 15) is 14.7 Å². The normalized spacial score (nSPS) is 11.9. The number of ether oxygens (including phenoxy) is 2. The molecule has 2 N–H and O–H groups in total. The molecule has 0 saturated heterocycles. The van der Waals surface area contributed by atoms with Crippen molar-refractivity contribution in [2.24, 2.45) is 0 Å². The maximum Gasteiger partial charge on any atom is 0.407 e. The van der Waals surface area contributed by atoms with E-state index in [0.29, 0.717) is 47.7 Å². The number of hydrogen-bond acceptors (Lipinski definition) is 4. The summed E-state index contributed by atoms with van der Waals surface area (Å²) in [6, 6.07) is 26.1. The Labute approximate surface area is 300 Å². The number of aryl methyl sites for hydroxylation is 2. The summed E-state index contributed by atoms with van der Waals surface area (Å²) in [6.45, 7) is 12.8. The van der Waals surface area contributed by atoms with Gasteiger partial charge >= 0.3 is 6.09 Å². The van der Waals surface area contributed by atoms with Crippen molar-refractivity contribution < 1.29 is 24.2 Å².